The molecular formula is C22H32N2O7. The van der Waals surface area contributed by atoms with Crippen molar-refractivity contribution in [2.75, 3.05) is 6.54 Å². The largest absolute Gasteiger partial charge is 0.460 e. The molecule has 1 rings (SSSR count). The van der Waals surface area contributed by atoms with Gasteiger partial charge in [0.15, 0.2) is 0 Å². The van der Waals surface area contributed by atoms with Crippen molar-refractivity contribution in [2.45, 2.75) is 71.8 Å². The van der Waals surface area contributed by atoms with E-state index in [1.54, 1.807) is 53.7 Å². The lowest BCUT2D eigenvalue weighted by atomic mass is 10.1. The van der Waals surface area contributed by atoms with Crippen LogP contribution < -0.4 is 10.6 Å². The highest BCUT2D eigenvalue weighted by Crippen LogP contribution is 2.11. The summed E-state index contributed by atoms with van der Waals surface area (Å²) in [5.74, 6) is -2.09. The van der Waals surface area contributed by atoms with Gasteiger partial charge in [-0.3, -0.25) is 14.4 Å². The van der Waals surface area contributed by atoms with Crippen LogP contribution in [-0.2, 0) is 35.2 Å². The molecule has 0 aromatic heterocycles. The Morgan fingerprint density at radius 1 is 0.871 bits per heavy atom. The molecule has 1 atom stereocenters. The van der Waals surface area contributed by atoms with Crippen LogP contribution in [0, 0.1) is 0 Å². The van der Waals surface area contributed by atoms with E-state index < -0.39 is 54.1 Å². The van der Waals surface area contributed by atoms with E-state index in [-0.39, 0.29) is 6.61 Å². The van der Waals surface area contributed by atoms with Crippen LogP contribution in [0.15, 0.2) is 30.3 Å². The summed E-state index contributed by atoms with van der Waals surface area (Å²) in [4.78, 5) is 48.7. The van der Waals surface area contributed by atoms with E-state index in [9.17, 15) is 19.2 Å². The van der Waals surface area contributed by atoms with Gasteiger partial charge in [0.05, 0.1) is 6.42 Å². The zero-order valence-electron chi connectivity index (χ0n) is 18.9. The fraction of sp³-hybridized carbons (Fsp3) is 0.545. The number of esters is 2. The minimum Gasteiger partial charge on any atom is -0.460 e. The summed E-state index contributed by atoms with van der Waals surface area (Å²) in [6.45, 7) is 9.69. The van der Waals surface area contributed by atoms with Gasteiger partial charge in [0.2, 0.25) is 5.91 Å². The lowest BCUT2D eigenvalue weighted by molar-refractivity contribution is -0.156. The molecule has 9 heteroatoms. The van der Waals surface area contributed by atoms with Gasteiger partial charge >= 0.3 is 18.0 Å². The van der Waals surface area contributed by atoms with Crippen LogP contribution in [0.25, 0.3) is 0 Å². The minimum atomic E-state index is -1.29. The number of hydrogen-bond acceptors (Lipinski definition) is 7. The molecule has 0 aliphatic carbocycles. The lowest BCUT2D eigenvalue weighted by Crippen LogP contribution is -2.50. The Labute approximate surface area is 182 Å². The molecule has 2 N–H and O–H groups in total. The second kappa shape index (κ2) is 11.3. The van der Waals surface area contributed by atoms with Crippen molar-refractivity contribution < 1.29 is 33.4 Å². The summed E-state index contributed by atoms with van der Waals surface area (Å²) in [5, 5.41) is 4.71. The van der Waals surface area contributed by atoms with E-state index >= 15 is 0 Å². The first-order chi connectivity index (χ1) is 14.2. The van der Waals surface area contributed by atoms with Crippen LogP contribution in [0.4, 0.5) is 4.79 Å². The molecule has 0 bridgehead atoms. The molecule has 0 aliphatic heterocycles. The summed E-state index contributed by atoms with van der Waals surface area (Å²) in [6, 6.07) is 7.78. The molecule has 0 heterocycles. The predicted octanol–water partition coefficient (Wildman–Crippen LogP) is 2.47. The van der Waals surface area contributed by atoms with Crippen LogP contribution in [0.5, 0.6) is 0 Å². The van der Waals surface area contributed by atoms with Crippen molar-refractivity contribution in [2.24, 2.45) is 0 Å². The molecule has 0 saturated heterocycles. The maximum absolute atomic E-state index is 12.5. The predicted molar refractivity (Wildman–Crippen MR) is 113 cm³/mol. The van der Waals surface area contributed by atoms with E-state index in [2.05, 4.69) is 10.6 Å². The Balaban J connectivity index is 2.67. The fourth-order valence-electron chi connectivity index (χ4n) is 2.28. The van der Waals surface area contributed by atoms with Crippen molar-refractivity contribution in [3.05, 3.63) is 35.9 Å². The van der Waals surface area contributed by atoms with Crippen molar-refractivity contribution >= 4 is 23.9 Å². The quantitative estimate of drug-likeness (QED) is 0.474. The summed E-state index contributed by atoms with van der Waals surface area (Å²) in [5.41, 5.74) is -0.750. The number of ether oxygens (including phenoxy) is 3. The Bertz CT molecular complexity index is 734. The van der Waals surface area contributed by atoms with Crippen LogP contribution >= 0.6 is 0 Å². The van der Waals surface area contributed by atoms with Gasteiger partial charge in [-0.05, 0) is 47.1 Å². The van der Waals surface area contributed by atoms with Gasteiger partial charge in [0, 0.05) is 0 Å². The van der Waals surface area contributed by atoms with Gasteiger partial charge in [-0.15, -0.1) is 0 Å². The Morgan fingerprint density at radius 2 is 1.45 bits per heavy atom. The minimum absolute atomic E-state index is 0.0625. The third kappa shape index (κ3) is 12.2. The number of carbonyl (C=O) groups is 4. The molecule has 0 saturated carbocycles. The first kappa shape index (κ1) is 25.9. The topological polar surface area (TPSA) is 120 Å². The van der Waals surface area contributed by atoms with Crippen LogP contribution in [0.2, 0.25) is 0 Å². The van der Waals surface area contributed by atoms with Crippen molar-refractivity contribution in [3.8, 4) is 0 Å². The van der Waals surface area contributed by atoms with Crippen molar-refractivity contribution in [3.63, 3.8) is 0 Å². The molecular weight excluding hydrogens is 404 g/mol. The molecule has 0 fully saturated rings. The molecule has 1 aromatic rings. The first-order valence-electron chi connectivity index (χ1n) is 9.94. The number of carbonyl (C=O) groups excluding carboxylic acids is 4. The molecule has 172 valence electrons. The summed E-state index contributed by atoms with van der Waals surface area (Å²) >= 11 is 0. The Hall–Kier alpha value is -3.10. The zero-order chi connectivity index (χ0) is 23.7. The average molecular weight is 437 g/mol. The number of rotatable bonds is 8. The first-order valence-corrected chi connectivity index (χ1v) is 9.94. The third-order valence-corrected chi connectivity index (χ3v) is 3.45. The van der Waals surface area contributed by atoms with Crippen molar-refractivity contribution in [1.82, 2.24) is 10.6 Å². The zero-order valence-corrected chi connectivity index (χ0v) is 18.9. The highest BCUT2D eigenvalue weighted by molar-refractivity contribution is 5.91. The molecule has 0 unspecified atom stereocenters. The molecule has 31 heavy (non-hydrogen) atoms. The van der Waals surface area contributed by atoms with Gasteiger partial charge in [0.25, 0.3) is 0 Å². The summed E-state index contributed by atoms with van der Waals surface area (Å²) in [7, 11) is 0. The molecule has 2 amide bonds. The van der Waals surface area contributed by atoms with Crippen LogP contribution in [-0.4, -0.2) is 47.7 Å². The molecule has 9 nitrogen and oxygen atoms in total. The van der Waals surface area contributed by atoms with Crippen molar-refractivity contribution in [1.29, 1.82) is 0 Å². The molecule has 1 aromatic carbocycles. The molecule has 0 spiro atoms. The van der Waals surface area contributed by atoms with E-state index in [1.165, 1.54) is 0 Å². The standard InChI is InChI=1S/C22H32N2O7/c1-21(2,3)30-17(25)12-16(24-20(28)31-22(4,5)6)19(27)23-13-18(26)29-14-15-10-8-7-9-11-15/h7-11,16H,12-14H2,1-6H3,(H,23,27)(H,24,28)/t16-/m1/s1. The maximum Gasteiger partial charge on any atom is 0.408 e. The van der Waals surface area contributed by atoms with E-state index in [4.69, 9.17) is 14.2 Å². The lowest BCUT2D eigenvalue weighted by Gasteiger charge is -2.24. The smallest absolute Gasteiger partial charge is 0.408 e. The monoisotopic (exact) mass is 436 g/mol. The third-order valence-electron chi connectivity index (χ3n) is 3.45. The summed E-state index contributed by atoms with van der Waals surface area (Å²) in [6.07, 6.45) is -1.30. The second-order valence-electron chi connectivity index (χ2n) is 8.85. The number of hydrogen-bond donors (Lipinski definition) is 2. The van der Waals surface area contributed by atoms with Gasteiger partial charge in [-0.2, -0.15) is 0 Å². The normalized spacial score (nSPS) is 12.3. The fourth-order valence-corrected chi connectivity index (χ4v) is 2.28. The Morgan fingerprint density at radius 3 is 2.00 bits per heavy atom. The SMILES string of the molecule is CC(C)(C)OC(=O)C[C@@H](NC(=O)OC(C)(C)C)C(=O)NCC(=O)OCc1ccccc1. The van der Waals surface area contributed by atoms with Gasteiger partial charge < -0.3 is 24.8 Å². The van der Waals surface area contributed by atoms with Crippen LogP contribution in [0.3, 0.4) is 0 Å². The highest BCUT2D eigenvalue weighted by Gasteiger charge is 2.29. The number of alkyl carbamates (subject to hydrolysis) is 1. The van der Waals surface area contributed by atoms with Gasteiger partial charge in [-0.25, -0.2) is 4.79 Å². The van der Waals surface area contributed by atoms with E-state index in [1.807, 2.05) is 18.2 Å². The highest BCUT2D eigenvalue weighted by atomic mass is 16.6. The number of benzene rings is 1. The van der Waals surface area contributed by atoms with E-state index in [0.717, 1.165) is 5.56 Å². The Kier molecular flexibility index (Phi) is 9.48. The number of nitrogens with one attached hydrogen (secondary N) is 2. The number of amides is 2. The van der Waals surface area contributed by atoms with Gasteiger partial charge in [-0.1, -0.05) is 30.3 Å². The second-order valence-corrected chi connectivity index (χ2v) is 8.85. The van der Waals surface area contributed by atoms with E-state index in [0.29, 0.717) is 0 Å². The molecule has 0 radical (unpaired) electrons. The molecule has 0 aliphatic rings. The summed E-state index contributed by atoms with van der Waals surface area (Å²) < 4.78 is 15.4. The van der Waals surface area contributed by atoms with Gasteiger partial charge in [0.1, 0.15) is 30.4 Å². The maximum atomic E-state index is 12.5. The average Bonchev–Trinajstić information content (AvgIpc) is 2.61. The van der Waals surface area contributed by atoms with Crippen LogP contribution in [0.1, 0.15) is 53.5 Å².